The summed E-state index contributed by atoms with van der Waals surface area (Å²) >= 11 is 0. The molecular formula is C12H24O. The van der Waals surface area contributed by atoms with E-state index in [-0.39, 0.29) is 6.10 Å². The summed E-state index contributed by atoms with van der Waals surface area (Å²) < 4.78 is 0. The van der Waals surface area contributed by atoms with Crippen molar-refractivity contribution < 1.29 is 5.11 Å². The van der Waals surface area contributed by atoms with Crippen LogP contribution in [0.25, 0.3) is 0 Å². The number of rotatable bonds is 0. The van der Waals surface area contributed by atoms with E-state index in [0.29, 0.717) is 5.92 Å². The van der Waals surface area contributed by atoms with Gasteiger partial charge < -0.3 is 5.11 Å². The molecule has 2 fully saturated rings. The van der Waals surface area contributed by atoms with Crippen molar-refractivity contribution in [2.45, 2.75) is 64.9 Å². The number of aliphatic hydroxyl groups is 1. The second-order valence-corrected chi connectivity index (χ2v) is 4.21. The fourth-order valence-corrected chi connectivity index (χ4v) is 2.90. The van der Waals surface area contributed by atoms with E-state index in [1.54, 1.807) is 0 Å². The van der Waals surface area contributed by atoms with E-state index < -0.39 is 0 Å². The molecular weight excluding hydrogens is 160 g/mol. The van der Waals surface area contributed by atoms with Crippen LogP contribution in [0.4, 0.5) is 0 Å². The predicted octanol–water partition coefficient (Wildman–Crippen LogP) is 3.36. The van der Waals surface area contributed by atoms with Gasteiger partial charge in [-0.05, 0) is 31.1 Å². The van der Waals surface area contributed by atoms with Gasteiger partial charge in [0.15, 0.2) is 0 Å². The summed E-state index contributed by atoms with van der Waals surface area (Å²) in [6.07, 6.45) is 9.24. The Labute approximate surface area is 82.5 Å². The summed E-state index contributed by atoms with van der Waals surface area (Å²) in [6.45, 7) is 4.00. The molecule has 0 aromatic rings. The van der Waals surface area contributed by atoms with Gasteiger partial charge in [0, 0.05) is 0 Å². The Hall–Kier alpha value is -0.0400. The predicted molar refractivity (Wildman–Crippen MR) is 56.7 cm³/mol. The van der Waals surface area contributed by atoms with Crippen LogP contribution in [0.5, 0.6) is 0 Å². The minimum atomic E-state index is 0.0500. The van der Waals surface area contributed by atoms with E-state index in [1.807, 2.05) is 13.8 Å². The third kappa shape index (κ3) is 2.70. The second-order valence-electron chi connectivity index (χ2n) is 4.21. The highest BCUT2D eigenvalue weighted by Gasteiger charge is 2.33. The van der Waals surface area contributed by atoms with E-state index in [0.717, 1.165) is 12.3 Å². The van der Waals surface area contributed by atoms with Crippen LogP contribution in [0.15, 0.2) is 0 Å². The summed E-state index contributed by atoms with van der Waals surface area (Å²) in [5, 5.41) is 9.70. The van der Waals surface area contributed by atoms with Crippen molar-refractivity contribution in [2.24, 2.45) is 11.8 Å². The minimum absolute atomic E-state index is 0.0500. The third-order valence-corrected chi connectivity index (χ3v) is 3.54. The Bertz CT molecular complexity index is 131. The molecule has 2 aliphatic rings. The molecule has 3 unspecified atom stereocenters. The lowest BCUT2D eigenvalue weighted by atomic mass is 9.69. The molecule has 0 aromatic heterocycles. The zero-order chi connectivity index (χ0) is 9.68. The van der Waals surface area contributed by atoms with E-state index in [4.69, 9.17) is 0 Å². The molecule has 0 aromatic carbocycles. The first-order chi connectivity index (χ1) is 6.38. The van der Waals surface area contributed by atoms with Crippen LogP contribution in [0.3, 0.4) is 0 Å². The molecule has 0 radical (unpaired) electrons. The third-order valence-electron chi connectivity index (χ3n) is 3.54. The summed E-state index contributed by atoms with van der Waals surface area (Å²) in [5.41, 5.74) is 0. The van der Waals surface area contributed by atoms with Gasteiger partial charge in [-0.25, -0.2) is 0 Å². The van der Waals surface area contributed by atoms with Gasteiger partial charge in [-0.2, -0.15) is 0 Å². The molecule has 2 saturated carbocycles. The summed E-state index contributed by atoms with van der Waals surface area (Å²) in [5.74, 6) is 1.56. The zero-order valence-corrected chi connectivity index (χ0v) is 9.13. The molecule has 0 bridgehead atoms. The van der Waals surface area contributed by atoms with E-state index in [2.05, 4.69) is 0 Å². The van der Waals surface area contributed by atoms with Crippen molar-refractivity contribution in [3.8, 4) is 0 Å². The molecule has 0 heterocycles. The lowest BCUT2D eigenvalue weighted by molar-refractivity contribution is 0.0105. The molecule has 2 aliphatic carbocycles. The van der Waals surface area contributed by atoms with Crippen LogP contribution >= 0.6 is 0 Å². The molecule has 3 atom stereocenters. The Morgan fingerprint density at radius 1 is 0.846 bits per heavy atom. The molecule has 78 valence electrons. The van der Waals surface area contributed by atoms with Crippen LogP contribution in [0, 0.1) is 11.8 Å². The summed E-state index contributed by atoms with van der Waals surface area (Å²) in [7, 11) is 0. The van der Waals surface area contributed by atoms with Gasteiger partial charge in [-0.3, -0.25) is 0 Å². The minimum Gasteiger partial charge on any atom is -0.393 e. The van der Waals surface area contributed by atoms with Gasteiger partial charge in [0.25, 0.3) is 0 Å². The molecule has 1 heteroatoms. The average Bonchev–Trinajstić information content (AvgIpc) is 2.22. The van der Waals surface area contributed by atoms with Gasteiger partial charge in [0.1, 0.15) is 0 Å². The maximum Gasteiger partial charge on any atom is 0.0571 e. The Morgan fingerprint density at radius 3 is 2.15 bits per heavy atom. The first kappa shape index (κ1) is 11.0. The van der Waals surface area contributed by atoms with Gasteiger partial charge >= 0.3 is 0 Å². The van der Waals surface area contributed by atoms with Crippen LogP contribution < -0.4 is 0 Å². The molecule has 1 nitrogen and oxygen atoms in total. The first-order valence-corrected chi connectivity index (χ1v) is 6.06. The van der Waals surface area contributed by atoms with Crippen LogP contribution in [-0.2, 0) is 0 Å². The standard InChI is InChI=1S/C10H18O.C2H6/c11-10-7-3-5-8-4-1-2-6-9(8)10;1-2/h8-11H,1-7H2;1-2H3. The quantitative estimate of drug-likeness (QED) is 0.612. The summed E-state index contributed by atoms with van der Waals surface area (Å²) in [4.78, 5) is 0. The highest BCUT2D eigenvalue weighted by molar-refractivity contribution is 4.84. The summed E-state index contributed by atoms with van der Waals surface area (Å²) in [6, 6.07) is 0. The van der Waals surface area contributed by atoms with E-state index in [1.165, 1.54) is 38.5 Å². The van der Waals surface area contributed by atoms with Crippen LogP contribution in [-0.4, -0.2) is 11.2 Å². The zero-order valence-electron chi connectivity index (χ0n) is 9.13. The number of hydrogen-bond donors (Lipinski definition) is 1. The maximum atomic E-state index is 9.70. The number of hydrogen-bond acceptors (Lipinski definition) is 1. The highest BCUT2D eigenvalue weighted by atomic mass is 16.3. The Balaban J connectivity index is 0.000000396. The molecule has 13 heavy (non-hydrogen) atoms. The van der Waals surface area contributed by atoms with E-state index in [9.17, 15) is 5.11 Å². The molecule has 0 saturated heterocycles. The van der Waals surface area contributed by atoms with Crippen molar-refractivity contribution in [1.29, 1.82) is 0 Å². The van der Waals surface area contributed by atoms with Crippen molar-refractivity contribution in [1.82, 2.24) is 0 Å². The molecule has 0 spiro atoms. The van der Waals surface area contributed by atoms with Gasteiger partial charge in [-0.1, -0.05) is 39.5 Å². The maximum absolute atomic E-state index is 9.70. The van der Waals surface area contributed by atoms with Crippen LogP contribution in [0.1, 0.15) is 58.8 Å². The second kappa shape index (κ2) is 5.64. The van der Waals surface area contributed by atoms with Gasteiger partial charge in [0.2, 0.25) is 0 Å². The van der Waals surface area contributed by atoms with Gasteiger partial charge in [-0.15, -0.1) is 0 Å². The Kier molecular flexibility index (Phi) is 4.79. The fourth-order valence-electron chi connectivity index (χ4n) is 2.90. The smallest absolute Gasteiger partial charge is 0.0571 e. The topological polar surface area (TPSA) is 20.2 Å². The van der Waals surface area contributed by atoms with E-state index >= 15 is 0 Å². The van der Waals surface area contributed by atoms with Crippen molar-refractivity contribution in [2.75, 3.05) is 0 Å². The number of aliphatic hydroxyl groups excluding tert-OH is 1. The lowest BCUT2D eigenvalue weighted by Crippen LogP contribution is -2.34. The first-order valence-electron chi connectivity index (χ1n) is 6.06. The average molecular weight is 184 g/mol. The van der Waals surface area contributed by atoms with Crippen molar-refractivity contribution in [3.63, 3.8) is 0 Å². The molecule has 0 aliphatic heterocycles. The fraction of sp³-hybridized carbons (Fsp3) is 1.00. The SMILES string of the molecule is CC.OC1CCCC2CCCCC12. The van der Waals surface area contributed by atoms with Crippen LogP contribution in [0.2, 0.25) is 0 Å². The van der Waals surface area contributed by atoms with Crippen molar-refractivity contribution >= 4 is 0 Å². The highest BCUT2D eigenvalue weighted by Crippen LogP contribution is 2.40. The normalized spacial score (nSPS) is 38.5. The van der Waals surface area contributed by atoms with Gasteiger partial charge in [0.05, 0.1) is 6.10 Å². The Morgan fingerprint density at radius 2 is 1.46 bits per heavy atom. The molecule has 0 amide bonds. The van der Waals surface area contributed by atoms with Crippen molar-refractivity contribution in [3.05, 3.63) is 0 Å². The monoisotopic (exact) mass is 184 g/mol. The largest absolute Gasteiger partial charge is 0.393 e. The number of fused-ring (bicyclic) bond motifs is 1. The molecule has 2 rings (SSSR count). The molecule has 1 N–H and O–H groups in total. The lowest BCUT2D eigenvalue weighted by Gasteiger charge is -2.38.